The largest absolute Gasteiger partial charge is 0.466 e. The molecule has 1 aliphatic heterocycles. The number of allylic oxidation sites excluding steroid dienone is 1. The van der Waals surface area contributed by atoms with Crippen molar-refractivity contribution in [3.8, 4) is 0 Å². The van der Waals surface area contributed by atoms with Gasteiger partial charge < -0.3 is 24.8 Å². The topological polar surface area (TPSA) is 103 Å². The van der Waals surface area contributed by atoms with Crippen LogP contribution in [0, 0.1) is 0 Å². The van der Waals surface area contributed by atoms with Crippen LogP contribution in [0.1, 0.15) is 25.3 Å². The number of carbonyl (C=O) groups is 3. The van der Waals surface area contributed by atoms with Crippen LogP contribution in [0.3, 0.4) is 0 Å². The van der Waals surface area contributed by atoms with Crippen molar-refractivity contribution in [3.05, 3.63) is 57.4 Å². The first-order valence-electron chi connectivity index (χ1n) is 9.96. The number of amides is 1. The maximum absolute atomic E-state index is 13.0. The van der Waals surface area contributed by atoms with E-state index in [0.717, 1.165) is 0 Å². The fourth-order valence-electron chi connectivity index (χ4n) is 3.35. The number of ether oxygens (including phenoxy) is 3. The summed E-state index contributed by atoms with van der Waals surface area (Å²) in [5, 5.41) is 6.06. The molecule has 0 saturated heterocycles. The lowest BCUT2D eigenvalue weighted by Crippen LogP contribution is -2.35. The molecule has 0 aromatic heterocycles. The van der Waals surface area contributed by atoms with Crippen LogP contribution in [0.25, 0.3) is 0 Å². The van der Waals surface area contributed by atoms with Crippen LogP contribution in [0.15, 0.2) is 46.8 Å². The molecule has 0 saturated carbocycles. The molecule has 0 radical (unpaired) electrons. The smallest absolute Gasteiger partial charge is 0.336 e. The summed E-state index contributed by atoms with van der Waals surface area (Å²) in [7, 11) is 1.27. The van der Waals surface area contributed by atoms with Crippen molar-refractivity contribution in [2.45, 2.75) is 19.8 Å². The second kappa shape index (κ2) is 12.5. The molecule has 0 aliphatic carbocycles. The second-order valence-corrected chi connectivity index (χ2v) is 7.43. The highest BCUT2D eigenvalue weighted by molar-refractivity contribution is 6.31. The minimum Gasteiger partial charge on any atom is -0.466 e. The molecule has 8 nitrogen and oxygen atoms in total. The molecule has 32 heavy (non-hydrogen) atoms. The molecule has 2 N–H and O–H groups in total. The van der Waals surface area contributed by atoms with Crippen LogP contribution >= 0.6 is 23.2 Å². The number of rotatable bonds is 10. The third-order valence-corrected chi connectivity index (χ3v) is 5.29. The normalized spacial score (nSPS) is 15.8. The maximum atomic E-state index is 13.0. The van der Waals surface area contributed by atoms with Gasteiger partial charge in [0.05, 0.1) is 49.7 Å². The highest BCUT2D eigenvalue weighted by Gasteiger charge is 2.39. The molecule has 1 amide bonds. The molecule has 0 unspecified atom stereocenters. The van der Waals surface area contributed by atoms with Gasteiger partial charge in [0.25, 0.3) is 0 Å². The summed E-state index contributed by atoms with van der Waals surface area (Å²) in [6, 6.07) is 6.95. The molecule has 1 atom stereocenters. The lowest BCUT2D eigenvalue weighted by Gasteiger charge is -2.31. The quantitative estimate of drug-likeness (QED) is 0.299. The van der Waals surface area contributed by atoms with E-state index in [2.05, 4.69) is 10.6 Å². The van der Waals surface area contributed by atoms with E-state index in [-0.39, 0.29) is 49.3 Å². The van der Waals surface area contributed by atoms with Crippen LogP contribution in [0.4, 0.5) is 0 Å². The van der Waals surface area contributed by atoms with E-state index in [1.807, 2.05) is 0 Å². The summed E-state index contributed by atoms with van der Waals surface area (Å²) in [6.07, 6.45) is 0. The Kier molecular flexibility index (Phi) is 10.0. The van der Waals surface area contributed by atoms with Gasteiger partial charge in [-0.1, -0.05) is 29.8 Å². The van der Waals surface area contributed by atoms with Crippen molar-refractivity contribution in [1.82, 2.24) is 10.6 Å². The van der Waals surface area contributed by atoms with Crippen molar-refractivity contribution in [1.29, 1.82) is 0 Å². The summed E-state index contributed by atoms with van der Waals surface area (Å²) < 4.78 is 15.9. The van der Waals surface area contributed by atoms with E-state index in [1.165, 1.54) is 7.11 Å². The summed E-state index contributed by atoms with van der Waals surface area (Å²) in [5.41, 5.74) is 1.95. The first-order chi connectivity index (χ1) is 15.3. The van der Waals surface area contributed by atoms with E-state index in [4.69, 9.17) is 37.4 Å². The predicted molar refractivity (Wildman–Crippen MR) is 120 cm³/mol. The second-order valence-electron chi connectivity index (χ2n) is 6.76. The monoisotopic (exact) mass is 484 g/mol. The molecular formula is C22H26Cl2N2O6. The number of carbonyl (C=O) groups excluding carboxylic acids is 3. The first-order valence-corrected chi connectivity index (χ1v) is 10.9. The van der Waals surface area contributed by atoms with E-state index >= 15 is 0 Å². The Labute approximate surface area is 196 Å². The molecule has 0 spiro atoms. The van der Waals surface area contributed by atoms with Crippen molar-refractivity contribution in [2.24, 2.45) is 0 Å². The van der Waals surface area contributed by atoms with Gasteiger partial charge in [-0.15, -0.1) is 11.6 Å². The third kappa shape index (κ3) is 6.25. The molecule has 1 aromatic carbocycles. The molecular weight excluding hydrogens is 459 g/mol. The van der Waals surface area contributed by atoms with Gasteiger partial charge in [0.1, 0.15) is 5.88 Å². The Morgan fingerprint density at radius 2 is 1.88 bits per heavy atom. The van der Waals surface area contributed by atoms with Gasteiger partial charge in [-0.05, 0) is 25.5 Å². The summed E-state index contributed by atoms with van der Waals surface area (Å²) in [4.78, 5) is 36.9. The zero-order chi connectivity index (χ0) is 23.7. The summed E-state index contributed by atoms with van der Waals surface area (Å²) in [5.74, 6) is -2.46. The van der Waals surface area contributed by atoms with Gasteiger partial charge >= 0.3 is 11.9 Å². The van der Waals surface area contributed by atoms with E-state index in [1.54, 1.807) is 38.1 Å². The first kappa shape index (κ1) is 25.7. The molecule has 174 valence electrons. The Balaban J connectivity index is 2.46. The number of dihydropyridines is 1. The van der Waals surface area contributed by atoms with E-state index in [9.17, 15) is 14.4 Å². The van der Waals surface area contributed by atoms with Crippen LogP contribution in [-0.2, 0) is 28.6 Å². The van der Waals surface area contributed by atoms with Crippen molar-refractivity contribution >= 4 is 41.0 Å². The predicted octanol–water partition coefficient (Wildman–Crippen LogP) is 2.66. The number of methoxy groups -OCH3 is 1. The Bertz CT molecular complexity index is 929. The molecule has 2 rings (SSSR count). The van der Waals surface area contributed by atoms with Gasteiger partial charge in [0.15, 0.2) is 0 Å². The number of nitrogens with one attached hydrogen (secondary N) is 2. The molecule has 1 aromatic rings. The minimum absolute atomic E-state index is 0.0115. The van der Waals surface area contributed by atoms with Gasteiger partial charge in [-0.2, -0.15) is 0 Å². The number of esters is 2. The van der Waals surface area contributed by atoms with Crippen molar-refractivity contribution < 1.29 is 28.6 Å². The highest BCUT2D eigenvalue weighted by atomic mass is 35.5. The zero-order valence-electron chi connectivity index (χ0n) is 18.1. The van der Waals surface area contributed by atoms with Gasteiger partial charge in [-0.3, -0.25) is 4.79 Å². The fourth-order valence-corrected chi connectivity index (χ4v) is 3.68. The molecule has 1 aliphatic rings. The van der Waals surface area contributed by atoms with E-state index in [0.29, 0.717) is 22.0 Å². The van der Waals surface area contributed by atoms with Crippen molar-refractivity contribution in [3.63, 3.8) is 0 Å². The Morgan fingerprint density at radius 3 is 2.50 bits per heavy atom. The summed E-state index contributed by atoms with van der Waals surface area (Å²) >= 11 is 11.9. The number of hydrogen-bond acceptors (Lipinski definition) is 7. The molecule has 1 heterocycles. The number of hydrogen-bond donors (Lipinski definition) is 2. The maximum Gasteiger partial charge on any atom is 0.336 e. The third-order valence-electron chi connectivity index (χ3n) is 4.70. The van der Waals surface area contributed by atoms with Crippen LogP contribution in [-0.4, -0.2) is 57.2 Å². The summed E-state index contributed by atoms with van der Waals surface area (Å²) in [6.45, 7) is 4.00. The molecule has 10 heteroatoms. The van der Waals surface area contributed by atoms with Crippen LogP contribution in [0.5, 0.6) is 0 Å². The SMILES string of the molecule is CCOC(=O)C1=C(COCCNC(=O)CCl)NC(C)=C(C(=O)OC)[C@@H]1c1ccccc1Cl. The highest BCUT2D eigenvalue weighted by Crippen LogP contribution is 2.41. The van der Waals surface area contributed by atoms with Gasteiger partial charge in [0, 0.05) is 17.3 Å². The Hall–Kier alpha value is -2.55. The van der Waals surface area contributed by atoms with Crippen LogP contribution < -0.4 is 10.6 Å². The average Bonchev–Trinajstić information content (AvgIpc) is 2.78. The molecule has 0 bridgehead atoms. The zero-order valence-corrected chi connectivity index (χ0v) is 19.6. The lowest BCUT2D eigenvalue weighted by atomic mass is 9.80. The van der Waals surface area contributed by atoms with Crippen molar-refractivity contribution in [2.75, 3.05) is 39.4 Å². The van der Waals surface area contributed by atoms with Gasteiger partial charge in [-0.25, -0.2) is 9.59 Å². The van der Waals surface area contributed by atoms with E-state index < -0.39 is 17.9 Å². The Morgan fingerprint density at radius 1 is 1.16 bits per heavy atom. The molecule has 0 fully saturated rings. The average molecular weight is 485 g/mol. The number of benzene rings is 1. The number of alkyl halides is 1. The minimum atomic E-state index is -0.814. The number of halogens is 2. The fraction of sp³-hybridized carbons (Fsp3) is 0.409. The van der Waals surface area contributed by atoms with Gasteiger partial charge in [0.2, 0.25) is 5.91 Å². The standard InChI is InChI=1S/C22H26Cl2N2O6/c1-4-32-22(29)20-16(12-31-10-9-25-17(27)11-23)26-13(2)18(21(28)30-3)19(20)14-7-5-6-8-15(14)24/h5-8,19,26H,4,9-12H2,1-3H3,(H,25,27)/t19-/m0/s1. The van der Waals surface area contributed by atoms with Crippen LogP contribution in [0.2, 0.25) is 5.02 Å². The lowest BCUT2D eigenvalue weighted by molar-refractivity contribution is -0.139.